The molecule has 0 unspecified atom stereocenters. The lowest BCUT2D eigenvalue weighted by molar-refractivity contribution is 0.149. The van der Waals surface area contributed by atoms with E-state index in [1.54, 1.807) is 0 Å². The molecule has 78 valence electrons. The zero-order valence-electron chi connectivity index (χ0n) is 8.92. The van der Waals surface area contributed by atoms with E-state index in [1.165, 1.54) is 5.56 Å². The van der Waals surface area contributed by atoms with E-state index in [9.17, 15) is 0 Å². The van der Waals surface area contributed by atoms with Crippen LogP contribution in [0.1, 0.15) is 18.2 Å². The summed E-state index contributed by atoms with van der Waals surface area (Å²) in [5.41, 5.74) is 2.27. The minimum Gasteiger partial charge on any atom is -0.380 e. The molecule has 0 fully saturated rings. The van der Waals surface area contributed by atoms with E-state index >= 15 is 0 Å². The maximum absolute atomic E-state index is 5.21. The van der Waals surface area contributed by atoms with Crippen molar-refractivity contribution in [3.05, 3.63) is 29.6 Å². The molecular formula is C11H18N2O. The summed E-state index contributed by atoms with van der Waals surface area (Å²) in [5.74, 6) is 0. The molecule has 0 aliphatic carbocycles. The lowest BCUT2D eigenvalue weighted by Crippen LogP contribution is -2.19. The molecule has 0 atom stereocenters. The minimum absolute atomic E-state index is 0.766. The Morgan fingerprint density at radius 2 is 2.29 bits per heavy atom. The first-order chi connectivity index (χ1) is 6.83. The van der Waals surface area contributed by atoms with E-state index in [1.807, 2.05) is 26.1 Å². The summed E-state index contributed by atoms with van der Waals surface area (Å²) in [6, 6.07) is 4.12. The van der Waals surface area contributed by atoms with E-state index in [0.29, 0.717) is 0 Å². The Bertz CT molecular complexity index is 246. The van der Waals surface area contributed by atoms with Crippen LogP contribution in [0.25, 0.3) is 0 Å². The molecular weight excluding hydrogens is 176 g/mol. The molecule has 0 aliphatic heterocycles. The van der Waals surface area contributed by atoms with Gasteiger partial charge in [-0.2, -0.15) is 0 Å². The number of ether oxygens (including phenoxy) is 1. The van der Waals surface area contributed by atoms with Crippen molar-refractivity contribution in [2.45, 2.75) is 20.4 Å². The number of pyridine rings is 1. The largest absolute Gasteiger partial charge is 0.380 e. The second-order valence-corrected chi connectivity index (χ2v) is 3.20. The monoisotopic (exact) mass is 194 g/mol. The van der Waals surface area contributed by atoms with Crippen LogP contribution in [0.4, 0.5) is 0 Å². The summed E-state index contributed by atoms with van der Waals surface area (Å²) in [6.07, 6.45) is 1.89. The number of hydrogen-bond acceptors (Lipinski definition) is 3. The van der Waals surface area contributed by atoms with E-state index in [0.717, 1.165) is 32.0 Å². The smallest absolute Gasteiger partial charge is 0.0590 e. The third-order valence-corrected chi connectivity index (χ3v) is 1.91. The molecule has 0 amide bonds. The van der Waals surface area contributed by atoms with Gasteiger partial charge in [-0.3, -0.25) is 4.98 Å². The molecule has 1 rings (SSSR count). The van der Waals surface area contributed by atoms with Crippen molar-refractivity contribution in [2.75, 3.05) is 19.8 Å². The molecule has 1 aromatic rings. The lowest BCUT2D eigenvalue weighted by Gasteiger charge is -2.04. The van der Waals surface area contributed by atoms with Gasteiger partial charge in [0.15, 0.2) is 0 Å². The van der Waals surface area contributed by atoms with Crippen molar-refractivity contribution in [1.82, 2.24) is 10.3 Å². The van der Waals surface area contributed by atoms with Crippen molar-refractivity contribution >= 4 is 0 Å². The highest BCUT2D eigenvalue weighted by Gasteiger charge is 1.92. The summed E-state index contributed by atoms with van der Waals surface area (Å²) in [5, 5.41) is 3.27. The molecule has 0 saturated carbocycles. The SMILES string of the molecule is CCOCCNCc1ccc(C)cn1. The van der Waals surface area contributed by atoms with Gasteiger partial charge in [-0.15, -0.1) is 0 Å². The topological polar surface area (TPSA) is 34.1 Å². The van der Waals surface area contributed by atoms with Gasteiger partial charge >= 0.3 is 0 Å². The van der Waals surface area contributed by atoms with E-state index < -0.39 is 0 Å². The average Bonchev–Trinajstić information content (AvgIpc) is 2.21. The Balaban J connectivity index is 2.15. The third-order valence-electron chi connectivity index (χ3n) is 1.91. The highest BCUT2D eigenvalue weighted by Crippen LogP contribution is 1.97. The summed E-state index contributed by atoms with van der Waals surface area (Å²) < 4.78 is 5.21. The molecule has 1 heterocycles. The highest BCUT2D eigenvalue weighted by molar-refractivity contribution is 5.11. The van der Waals surface area contributed by atoms with Crippen molar-refractivity contribution in [1.29, 1.82) is 0 Å². The molecule has 1 aromatic heterocycles. The number of hydrogen-bond donors (Lipinski definition) is 1. The van der Waals surface area contributed by atoms with Gasteiger partial charge in [0, 0.05) is 25.9 Å². The first-order valence-corrected chi connectivity index (χ1v) is 5.03. The Morgan fingerprint density at radius 3 is 2.93 bits per heavy atom. The standard InChI is InChI=1S/C11H18N2O/c1-3-14-7-6-12-9-11-5-4-10(2)8-13-11/h4-5,8,12H,3,6-7,9H2,1-2H3. The number of aryl methyl sites for hydroxylation is 1. The van der Waals surface area contributed by atoms with Gasteiger partial charge in [0.05, 0.1) is 12.3 Å². The fourth-order valence-electron chi connectivity index (χ4n) is 1.11. The highest BCUT2D eigenvalue weighted by atomic mass is 16.5. The van der Waals surface area contributed by atoms with Crippen LogP contribution in [0.3, 0.4) is 0 Å². The summed E-state index contributed by atoms with van der Waals surface area (Å²) in [4.78, 5) is 4.29. The molecule has 0 radical (unpaired) electrons. The first kappa shape index (κ1) is 11.1. The van der Waals surface area contributed by atoms with Gasteiger partial charge in [-0.25, -0.2) is 0 Å². The molecule has 0 aliphatic rings. The predicted octanol–water partition coefficient (Wildman–Crippen LogP) is 1.52. The van der Waals surface area contributed by atoms with Gasteiger partial charge in [-0.1, -0.05) is 6.07 Å². The number of nitrogens with one attached hydrogen (secondary N) is 1. The van der Waals surface area contributed by atoms with Gasteiger partial charge in [0.2, 0.25) is 0 Å². The number of rotatable bonds is 6. The van der Waals surface area contributed by atoms with Crippen molar-refractivity contribution in [2.24, 2.45) is 0 Å². The van der Waals surface area contributed by atoms with Crippen LogP contribution in [0.5, 0.6) is 0 Å². The van der Waals surface area contributed by atoms with Crippen molar-refractivity contribution < 1.29 is 4.74 Å². The fraction of sp³-hybridized carbons (Fsp3) is 0.545. The number of aromatic nitrogens is 1. The zero-order valence-corrected chi connectivity index (χ0v) is 8.92. The van der Waals surface area contributed by atoms with Crippen LogP contribution >= 0.6 is 0 Å². The maximum atomic E-state index is 5.21. The molecule has 3 heteroatoms. The minimum atomic E-state index is 0.766. The molecule has 14 heavy (non-hydrogen) atoms. The van der Waals surface area contributed by atoms with Crippen LogP contribution in [0, 0.1) is 6.92 Å². The Morgan fingerprint density at radius 1 is 1.43 bits per heavy atom. The number of nitrogens with zero attached hydrogens (tertiary/aromatic N) is 1. The normalized spacial score (nSPS) is 10.4. The Hall–Kier alpha value is -0.930. The van der Waals surface area contributed by atoms with Crippen LogP contribution in [-0.2, 0) is 11.3 Å². The van der Waals surface area contributed by atoms with Crippen LogP contribution in [0.2, 0.25) is 0 Å². The van der Waals surface area contributed by atoms with Crippen molar-refractivity contribution in [3.8, 4) is 0 Å². The van der Waals surface area contributed by atoms with Crippen LogP contribution in [-0.4, -0.2) is 24.7 Å². The third kappa shape index (κ3) is 4.35. The van der Waals surface area contributed by atoms with Crippen molar-refractivity contribution in [3.63, 3.8) is 0 Å². The summed E-state index contributed by atoms with van der Waals surface area (Å²) in [7, 11) is 0. The Labute approximate surface area is 85.5 Å². The quantitative estimate of drug-likeness (QED) is 0.697. The Kier molecular flexibility index (Phi) is 5.19. The van der Waals surface area contributed by atoms with Gasteiger partial charge in [0.1, 0.15) is 0 Å². The average molecular weight is 194 g/mol. The second-order valence-electron chi connectivity index (χ2n) is 3.20. The lowest BCUT2D eigenvalue weighted by atomic mass is 10.3. The van der Waals surface area contributed by atoms with Crippen LogP contribution in [0.15, 0.2) is 18.3 Å². The molecule has 1 N–H and O–H groups in total. The molecule has 3 nitrogen and oxygen atoms in total. The fourth-order valence-corrected chi connectivity index (χ4v) is 1.11. The van der Waals surface area contributed by atoms with E-state index in [4.69, 9.17) is 4.74 Å². The molecule has 0 spiro atoms. The molecule has 0 aromatic carbocycles. The zero-order chi connectivity index (χ0) is 10.2. The summed E-state index contributed by atoms with van der Waals surface area (Å²) in [6.45, 7) is 7.28. The molecule has 0 bridgehead atoms. The van der Waals surface area contributed by atoms with E-state index in [-0.39, 0.29) is 0 Å². The predicted molar refractivity (Wildman–Crippen MR) is 57.2 cm³/mol. The maximum Gasteiger partial charge on any atom is 0.0590 e. The van der Waals surface area contributed by atoms with Crippen LogP contribution < -0.4 is 5.32 Å². The second kappa shape index (κ2) is 6.51. The van der Waals surface area contributed by atoms with Gasteiger partial charge in [-0.05, 0) is 25.5 Å². The molecule has 0 saturated heterocycles. The van der Waals surface area contributed by atoms with Gasteiger partial charge < -0.3 is 10.1 Å². The summed E-state index contributed by atoms with van der Waals surface area (Å²) >= 11 is 0. The first-order valence-electron chi connectivity index (χ1n) is 5.03. The van der Waals surface area contributed by atoms with E-state index in [2.05, 4.69) is 16.4 Å². The van der Waals surface area contributed by atoms with Gasteiger partial charge in [0.25, 0.3) is 0 Å².